The maximum Gasteiger partial charge on any atom is 0.372 e. The number of carbonyl (C=O) groups is 3. The van der Waals surface area contributed by atoms with Gasteiger partial charge in [0.15, 0.2) is 0 Å². The fourth-order valence-electron chi connectivity index (χ4n) is 0.267. The minimum atomic E-state index is -1.71. The van der Waals surface area contributed by atoms with Crippen molar-refractivity contribution < 1.29 is 26.0 Å². The van der Waals surface area contributed by atoms with Gasteiger partial charge in [-0.15, -0.1) is 0 Å². The molecule has 0 spiro atoms. The van der Waals surface area contributed by atoms with Gasteiger partial charge in [-0.05, 0) is 0 Å². The second kappa shape index (κ2) is 3.60. The van der Waals surface area contributed by atoms with Crippen molar-refractivity contribution in [3.05, 3.63) is 0 Å². The maximum atomic E-state index is 10.3. The monoisotopic (exact) mass is 147 g/mol. The maximum absolute atomic E-state index is 10.3. The van der Waals surface area contributed by atoms with Gasteiger partial charge in [-0.3, -0.25) is 9.59 Å². The lowest BCUT2D eigenvalue weighted by molar-refractivity contribution is -0.149. The van der Waals surface area contributed by atoms with Crippen LogP contribution in [0.2, 0.25) is 0 Å². The van der Waals surface area contributed by atoms with E-state index >= 15 is 0 Å². The molecule has 0 aliphatic carbocycles. The fraction of sp³-hybridized carbons (Fsp3) is 0.400. The van der Waals surface area contributed by atoms with Crippen LogP contribution in [0.4, 0.5) is 0 Å². The van der Waals surface area contributed by atoms with Crippen LogP contribution in [-0.4, -0.2) is 27.9 Å². The Kier molecular flexibility index (Phi) is 2.42. The van der Waals surface area contributed by atoms with E-state index in [1.54, 1.807) is 0 Å². The van der Waals surface area contributed by atoms with Gasteiger partial charge in [-0.25, -0.2) is 4.79 Å². The van der Waals surface area contributed by atoms with Crippen molar-refractivity contribution in [3.63, 3.8) is 0 Å². The highest BCUT2D eigenvalue weighted by molar-refractivity contribution is 6.32. The highest BCUT2D eigenvalue weighted by atomic mass is 16.4. The van der Waals surface area contributed by atoms with E-state index in [4.69, 9.17) is 11.6 Å². The smallest absolute Gasteiger partial charge is 0.372 e. The molecular formula is C5H6O5. The molecule has 1 unspecified atom stereocenters. The fourth-order valence-corrected chi connectivity index (χ4v) is 0.267. The lowest BCUT2D eigenvalue weighted by Crippen LogP contribution is -2.13. The van der Waals surface area contributed by atoms with Crippen LogP contribution in [-0.2, 0) is 14.4 Å². The molecule has 0 aliphatic heterocycles. The molecule has 0 aromatic rings. The Balaban J connectivity index is 3.95. The summed E-state index contributed by atoms with van der Waals surface area (Å²) < 4.78 is 6.67. The van der Waals surface area contributed by atoms with Crippen molar-refractivity contribution in [3.8, 4) is 0 Å². The molecule has 0 radical (unpaired) electrons. The Morgan fingerprint density at radius 3 is 2.10 bits per heavy atom. The highest BCUT2D eigenvalue weighted by Gasteiger charge is 2.12. The van der Waals surface area contributed by atoms with Gasteiger partial charge in [0.1, 0.15) is 0 Å². The zero-order valence-corrected chi connectivity index (χ0v) is 4.90. The number of carboxylic acids is 2. The number of rotatable bonds is 4. The standard InChI is InChI=1S/C5H6O5/c6-3(5(9)10)1-2-4(7)8/h1-2H2,(H,7,8)(H,9,10)/i2D. The zero-order valence-electron chi connectivity index (χ0n) is 5.90. The van der Waals surface area contributed by atoms with Crippen molar-refractivity contribution in [1.29, 1.82) is 0 Å². The van der Waals surface area contributed by atoms with E-state index in [0.29, 0.717) is 0 Å². The Morgan fingerprint density at radius 1 is 1.30 bits per heavy atom. The van der Waals surface area contributed by atoms with Crippen LogP contribution in [0.5, 0.6) is 0 Å². The Morgan fingerprint density at radius 2 is 1.80 bits per heavy atom. The van der Waals surface area contributed by atoms with E-state index in [9.17, 15) is 14.4 Å². The molecule has 0 aromatic carbocycles. The number of Topliss-reactive ketones (excluding diaryl/α,β-unsaturated/α-hetero) is 1. The van der Waals surface area contributed by atoms with Gasteiger partial charge in [0.05, 0.1) is 6.40 Å². The van der Waals surface area contributed by atoms with E-state index in [2.05, 4.69) is 0 Å². The largest absolute Gasteiger partial charge is 0.481 e. The molecular weight excluding hydrogens is 140 g/mol. The number of carbonyl (C=O) groups excluding carboxylic acids is 1. The van der Waals surface area contributed by atoms with Gasteiger partial charge in [-0.2, -0.15) is 0 Å². The minimum Gasteiger partial charge on any atom is -0.481 e. The Labute approximate surface area is 57.7 Å². The lowest BCUT2D eigenvalue weighted by atomic mass is 10.2. The topological polar surface area (TPSA) is 91.7 Å². The van der Waals surface area contributed by atoms with E-state index in [0.717, 1.165) is 0 Å². The first-order valence-electron chi connectivity index (χ1n) is 2.94. The predicted octanol–water partition coefficient (Wildman–Crippen LogP) is -0.495. The second-order valence-corrected chi connectivity index (χ2v) is 1.47. The molecule has 0 heterocycles. The van der Waals surface area contributed by atoms with Crippen LogP contribution in [0.15, 0.2) is 0 Å². The molecule has 0 fully saturated rings. The van der Waals surface area contributed by atoms with Crippen molar-refractivity contribution in [2.45, 2.75) is 12.8 Å². The van der Waals surface area contributed by atoms with Crippen LogP contribution in [0.1, 0.15) is 14.2 Å². The van der Waals surface area contributed by atoms with Crippen molar-refractivity contribution in [1.82, 2.24) is 0 Å². The summed E-state index contributed by atoms with van der Waals surface area (Å²) in [5.41, 5.74) is 0. The third-order valence-electron chi connectivity index (χ3n) is 0.701. The molecule has 2 N–H and O–H groups in total. The molecule has 5 heteroatoms. The van der Waals surface area contributed by atoms with Gasteiger partial charge >= 0.3 is 11.9 Å². The molecule has 0 amide bonds. The average molecular weight is 147 g/mol. The number of carboxylic acid groups (broad SMARTS) is 2. The third kappa shape index (κ3) is 3.59. The summed E-state index contributed by atoms with van der Waals surface area (Å²) >= 11 is 0. The number of ketones is 1. The van der Waals surface area contributed by atoms with Crippen molar-refractivity contribution >= 4 is 17.7 Å². The first kappa shape index (κ1) is 6.73. The number of aliphatic carboxylic acids is 2. The van der Waals surface area contributed by atoms with E-state index in [1.807, 2.05) is 0 Å². The van der Waals surface area contributed by atoms with Crippen LogP contribution in [0.25, 0.3) is 0 Å². The van der Waals surface area contributed by atoms with Crippen LogP contribution < -0.4 is 0 Å². The summed E-state index contributed by atoms with van der Waals surface area (Å²) in [6, 6.07) is 0. The average Bonchev–Trinajstić information content (AvgIpc) is 1.87. The summed E-state index contributed by atoms with van der Waals surface area (Å²) in [7, 11) is 0. The second-order valence-electron chi connectivity index (χ2n) is 1.47. The molecule has 0 bridgehead atoms. The first-order chi connectivity index (χ1) is 4.95. The summed E-state index contributed by atoms with van der Waals surface area (Å²) in [5, 5.41) is 16.1. The Bertz CT molecular complexity index is 199. The SMILES string of the molecule is [2H]C(CC(=O)C(=O)O)C(=O)O. The first-order valence-corrected chi connectivity index (χ1v) is 2.36. The number of hydrogen-bond acceptors (Lipinski definition) is 3. The van der Waals surface area contributed by atoms with Gasteiger partial charge in [0.25, 0.3) is 0 Å². The molecule has 56 valence electrons. The van der Waals surface area contributed by atoms with Crippen LogP contribution in [0.3, 0.4) is 0 Å². The predicted molar refractivity (Wildman–Crippen MR) is 29.5 cm³/mol. The Hall–Kier alpha value is -1.39. The van der Waals surface area contributed by atoms with E-state index < -0.39 is 30.5 Å². The molecule has 0 aliphatic rings. The van der Waals surface area contributed by atoms with Gasteiger partial charge in [0, 0.05) is 7.79 Å². The third-order valence-corrected chi connectivity index (χ3v) is 0.701. The van der Waals surface area contributed by atoms with Crippen molar-refractivity contribution in [2.75, 3.05) is 0 Å². The molecule has 5 nitrogen and oxygen atoms in total. The minimum absolute atomic E-state index is 0.787. The quantitative estimate of drug-likeness (QED) is 0.523. The molecule has 0 saturated carbocycles. The summed E-state index contributed by atoms with van der Waals surface area (Å²) in [4.78, 5) is 30.0. The number of hydrogen-bond donors (Lipinski definition) is 2. The molecule has 0 aromatic heterocycles. The normalized spacial score (nSPS) is 13.4. The summed E-state index contributed by atoms with van der Waals surface area (Å²) in [5.74, 6) is -4.46. The molecule has 0 rings (SSSR count). The van der Waals surface area contributed by atoms with E-state index in [1.165, 1.54) is 0 Å². The van der Waals surface area contributed by atoms with Crippen molar-refractivity contribution in [2.24, 2.45) is 0 Å². The van der Waals surface area contributed by atoms with Gasteiger partial charge in [0.2, 0.25) is 5.78 Å². The zero-order chi connectivity index (χ0) is 9.02. The van der Waals surface area contributed by atoms with Crippen LogP contribution >= 0.6 is 0 Å². The molecule has 1 atom stereocenters. The highest BCUT2D eigenvalue weighted by Crippen LogP contribution is 1.89. The van der Waals surface area contributed by atoms with Gasteiger partial charge < -0.3 is 10.2 Å². The van der Waals surface area contributed by atoms with Gasteiger partial charge in [-0.1, -0.05) is 0 Å². The lowest BCUT2D eigenvalue weighted by Gasteiger charge is -1.88. The summed E-state index contributed by atoms with van der Waals surface area (Å²) in [6.45, 7) is 0. The van der Waals surface area contributed by atoms with E-state index in [-0.39, 0.29) is 0 Å². The summed E-state index contributed by atoms with van der Waals surface area (Å²) in [6.07, 6.45) is -2.47. The molecule has 0 saturated heterocycles. The van der Waals surface area contributed by atoms with Crippen LogP contribution in [0, 0.1) is 0 Å². The molecule has 10 heavy (non-hydrogen) atoms.